The molecule has 2 aliphatic rings. The molecule has 29 heavy (non-hydrogen) atoms. The molecule has 2 aromatic rings. The lowest BCUT2D eigenvalue weighted by molar-refractivity contribution is -0.0696. The molecule has 1 saturated heterocycles. The number of benzene rings is 1. The lowest BCUT2D eigenvalue weighted by Crippen LogP contribution is -2.54. The van der Waals surface area contributed by atoms with Gasteiger partial charge in [-0.3, -0.25) is 14.7 Å². The molecule has 2 aliphatic heterocycles. The number of nitrogens with zero attached hydrogens (tertiary/aromatic N) is 2. The zero-order valence-electron chi connectivity index (χ0n) is 16.6. The van der Waals surface area contributed by atoms with Crippen LogP contribution in [-0.2, 0) is 17.6 Å². The van der Waals surface area contributed by atoms with E-state index in [0.29, 0.717) is 37.4 Å². The van der Waals surface area contributed by atoms with E-state index in [2.05, 4.69) is 18.5 Å². The maximum absolute atomic E-state index is 13.2. The predicted octanol–water partition coefficient (Wildman–Crippen LogP) is 2.82. The van der Waals surface area contributed by atoms with E-state index in [9.17, 15) is 9.90 Å². The van der Waals surface area contributed by atoms with Crippen LogP contribution in [0.4, 0.5) is 0 Å². The van der Waals surface area contributed by atoms with Crippen LogP contribution in [0.2, 0.25) is 0 Å². The highest BCUT2D eigenvalue weighted by Gasteiger charge is 2.37. The van der Waals surface area contributed by atoms with E-state index in [1.807, 2.05) is 30.5 Å². The van der Waals surface area contributed by atoms with Gasteiger partial charge in [0.1, 0.15) is 5.75 Å². The topological polar surface area (TPSA) is 71.9 Å². The van der Waals surface area contributed by atoms with Gasteiger partial charge in [-0.2, -0.15) is 0 Å². The Morgan fingerprint density at radius 1 is 1.34 bits per heavy atom. The van der Waals surface area contributed by atoms with Gasteiger partial charge in [-0.1, -0.05) is 19.6 Å². The number of hydrogen-bond acceptors (Lipinski definition) is 5. The maximum atomic E-state index is 13.2. The Morgan fingerprint density at radius 2 is 2.21 bits per heavy atom. The van der Waals surface area contributed by atoms with Crippen molar-refractivity contribution >= 4 is 12.0 Å². The van der Waals surface area contributed by atoms with Gasteiger partial charge >= 0.3 is 0 Å². The van der Waals surface area contributed by atoms with Crippen LogP contribution in [-0.4, -0.2) is 53.0 Å². The van der Waals surface area contributed by atoms with Crippen molar-refractivity contribution in [2.45, 2.75) is 38.3 Å². The van der Waals surface area contributed by atoms with Crippen molar-refractivity contribution in [2.75, 3.05) is 19.9 Å². The quantitative estimate of drug-likeness (QED) is 0.844. The monoisotopic (exact) mass is 394 g/mol. The van der Waals surface area contributed by atoms with Gasteiger partial charge in [0.05, 0.1) is 30.0 Å². The van der Waals surface area contributed by atoms with Gasteiger partial charge in [-0.25, -0.2) is 0 Å². The third kappa shape index (κ3) is 3.91. The fourth-order valence-corrected chi connectivity index (χ4v) is 3.94. The number of ether oxygens (including phenoxy) is 2. The number of aromatic nitrogens is 1. The molecule has 4 rings (SSSR count). The van der Waals surface area contributed by atoms with Crippen LogP contribution in [0.3, 0.4) is 0 Å². The summed E-state index contributed by atoms with van der Waals surface area (Å²) >= 11 is 0. The normalized spacial score (nSPS) is 21.4. The number of aliphatic hydroxyl groups is 1. The Balaban J connectivity index is 1.63. The molecular formula is C23H26N2O4. The van der Waals surface area contributed by atoms with E-state index >= 15 is 0 Å². The molecule has 1 aromatic heterocycles. The third-order valence-electron chi connectivity index (χ3n) is 5.68. The molecule has 1 fully saturated rings. The summed E-state index contributed by atoms with van der Waals surface area (Å²) in [6, 6.07) is 7.49. The highest BCUT2D eigenvalue weighted by Crippen LogP contribution is 2.32. The van der Waals surface area contributed by atoms with Crippen molar-refractivity contribution in [2.24, 2.45) is 0 Å². The molecule has 1 aromatic carbocycles. The van der Waals surface area contributed by atoms with Crippen molar-refractivity contribution in [1.82, 2.24) is 9.88 Å². The van der Waals surface area contributed by atoms with Gasteiger partial charge in [0, 0.05) is 12.8 Å². The van der Waals surface area contributed by atoms with E-state index in [-0.39, 0.29) is 18.7 Å². The Hall–Kier alpha value is -2.70. The zero-order chi connectivity index (χ0) is 20.4. The fraction of sp³-hybridized carbons (Fsp3) is 0.391. The first-order valence-electron chi connectivity index (χ1n) is 10.0. The molecule has 1 N–H and O–H groups in total. The molecule has 2 atom stereocenters. The number of aliphatic hydroxyl groups excluding tert-OH is 1. The zero-order valence-corrected chi connectivity index (χ0v) is 16.6. The summed E-state index contributed by atoms with van der Waals surface area (Å²) in [6.07, 6.45) is 5.02. The van der Waals surface area contributed by atoms with Crippen LogP contribution in [0.5, 0.6) is 5.75 Å². The minimum atomic E-state index is -0.596. The Labute approximate surface area is 170 Å². The van der Waals surface area contributed by atoms with Crippen molar-refractivity contribution in [1.29, 1.82) is 0 Å². The molecule has 6 nitrogen and oxygen atoms in total. The SMILES string of the molecule is C=Cc1ccc(Cc2cc3c(cc2CC)OCN([C@H]2COCC[C@@H]2O)C3=O)cn1. The number of amides is 1. The van der Waals surface area contributed by atoms with Gasteiger partial charge in [-0.15, -0.1) is 0 Å². The number of fused-ring (bicyclic) bond motifs is 1. The van der Waals surface area contributed by atoms with Crippen LogP contribution in [0, 0.1) is 0 Å². The summed E-state index contributed by atoms with van der Waals surface area (Å²) in [6.45, 7) is 6.80. The maximum Gasteiger partial charge on any atom is 0.260 e. The summed E-state index contributed by atoms with van der Waals surface area (Å²) in [5.74, 6) is 0.489. The van der Waals surface area contributed by atoms with E-state index in [1.54, 1.807) is 11.0 Å². The van der Waals surface area contributed by atoms with Crippen LogP contribution < -0.4 is 4.74 Å². The van der Waals surface area contributed by atoms with Crippen molar-refractivity contribution in [3.8, 4) is 5.75 Å². The summed E-state index contributed by atoms with van der Waals surface area (Å²) in [5.41, 5.74) is 4.68. The first-order valence-corrected chi connectivity index (χ1v) is 10.0. The van der Waals surface area contributed by atoms with Crippen LogP contribution in [0.25, 0.3) is 6.08 Å². The summed E-state index contributed by atoms with van der Waals surface area (Å²) < 4.78 is 11.4. The van der Waals surface area contributed by atoms with Crippen molar-refractivity contribution in [3.05, 3.63) is 65.0 Å². The van der Waals surface area contributed by atoms with Crippen LogP contribution in [0.1, 0.15) is 46.1 Å². The molecule has 152 valence electrons. The average molecular weight is 394 g/mol. The highest BCUT2D eigenvalue weighted by molar-refractivity contribution is 5.98. The van der Waals surface area contributed by atoms with Crippen LogP contribution in [0.15, 0.2) is 37.0 Å². The Bertz CT molecular complexity index is 910. The minimum absolute atomic E-state index is 0.121. The van der Waals surface area contributed by atoms with Crippen molar-refractivity contribution < 1.29 is 19.4 Å². The molecule has 0 bridgehead atoms. The summed E-state index contributed by atoms with van der Waals surface area (Å²) in [4.78, 5) is 19.2. The number of carbonyl (C=O) groups excluding carboxylic acids is 1. The molecule has 6 heteroatoms. The molecule has 1 amide bonds. The van der Waals surface area contributed by atoms with Gasteiger partial charge in [-0.05, 0) is 60.2 Å². The Kier molecular flexibility index (Phi) is 5.65. The second-order valence-electron chi connectivity index (χ2n) is 7.49. The van der Waals surface area contributed by atoms with E-state index in [4.69, 9.17) is 9.47 Å². The molecule has 0 spiro atoms. The predicted molar refractivity (Wildman–Crippen MR) is 110 cm³/mol. The second-order valence-corrected chi connectivity index (χ2v) is 7.49. The Morgan fingerprint density at radius 3 is 2.90 bits per heavy atom. The number of rotatable bonds is 5. The van der Waals surface area contributed by atoms with Gasteiger partial charge in [0.2, 0.25) is 0 Å². The van der Waals surface area contributed by atoms with Gasteiger partial charge in [0.25, 0.3) is 5.91 Å². The average Bonchev–Trinajstić information content (AvgIpc) is 2.75. The fourth-order valence-electron chi connectivity index (χ4n) is 3.94. The van der Waals surface area contributed by atoms with Gasteiger partial charge in [0.15, 0.2) is 6.73 Å². The lowest BCUT2D eigenvalue weighted by Gasteiger charge is -2.39. The summed E-state index contributed by atoms with van der Waals surface area (Å²) in [5, 5.41) is 10.3. The standard InChI is InChI=1S/C23H26N2O4/c1-3-16-11-22-19(10-17(16)9-15-5-6-18(4-2)24-12-15)23(27)25(14-29-22)20-13-28-8-7-21(20)26/h4-6,10-12,20-21,26H,2-3,7-9,13-14H2,1H3/t20-,21-/m0/s1. The molecule has 0 aliphatic carbocycles. The first kappa shape index (κ1) is 19.6. The number of aryl methyl sites for hydroxylation is 1. The third-order valence-corrected chi connectivity index (χ3v) is 5.68. The number of hydrogen-bond donors (Lipinski definition) is 1. The smallest absolute Gasteiger partial charge is 0.260 e. The molecule has 0 radical (unpaired) electrons. The van der Waals surface area contributed by atoms with E-state index in [1.165, 1.54) is 0 Å². The largest absolute Gasteiger partial charge is 0.472 e. The van der Waals surface area contributed by atoms with Gasteiger partial charge < -0.3 is 14.6 Å². The highest BCUT2D eigenvalue weighted by atomic mass is 16.5. The lowest BCUT2D eigenvalue weighted by atomic mass is 9.94. The number of pyridine rings is 1. The minimum Gasteiger partial charge on any atom is -0.472 e. The van der Waals surface area contributed by atoms with Crippen LogP contribution >= 0.6 is 0 Å². The molecule has 0 saturated carbocycles. The van der Waals surface area contributed by atoms with Crippen molar-refractivity contribution in [3.63, 3.8) is 0 Å². The van der Waals surface area contributed by atoms with E-state index < -0.39 is 6.10 Å². The molecule has 0 unspecified atom stereocenters. The second kappa shape index (κ2) is 8.35. The number of carbonyl (C=O) groups is 1. The molecule has 3 heterocycles. The molecular weight excluding hydrogens is 368 g/mol. The van der Waals surface area contributed by atoms with E-state index in [0.717, 1.165) is 28.8 Å². The summed E-state index contributed by atoms with van der Waals surface area (Å²) in [7, 11) is 0. The first-order chi connectivity index (χ1) is 14.1.